The first-order valence-corrected chi connectivity index (χ1v) is 8.82. The van der Waals surface area contributed by atoms with Gasteiger partial charge in [0.25, 0.3) is 5.91 Å². The van der Waals surface area contributed by atoms with Gasteiger partial charge in [0.05, 0.1) is 11.5 Å². The largest absolute Gasteiger partial charge is 0.479 e. The van der Waals surface area contributed by atoms with Gasteiger partial charge in [0, 0.05) is 5.75 Å². The molecule has 0 fully saturated rings. The Morgan fingerprint density at radius 2 is 2.00 bits per heavy atom. The van der Waals surface area contributed by atoms with Gasteiger partial charge in [0.1, 0.15) is 11.8 Å². The molecular formula is C19H19N3O2S. The van der Waals surface area contributed by atoms with Crippen molar-refractivity contribution in [3.05, 3.63) is 65.7 Å². The maximum Gasteiger partial charge on any atom is 0.252 e. The van der Waals surface area contributed by atoms with Gasteiger partial charge in [-0.25, -0.2) is 5.43 Å². The van der Waals surface area contributed by atoms with E-state index in [0.717, 1.165) is 11.3 Å². The van der Waals surface area contributed by atoms with Crippen LogP contribution in [0.4, 0.5) is 0 Å². The highest BCUT2D eigenvalue weighted by atomic mass is 32.2. The highest BCUT2D eigenvalue weighted by Crippen LogP contribution is 2.17. The van der Waals surface area contributed by atoms with Gasteiger partial charge in [-0.05, 0) is 42.3 Å². The van der Waals surface area contributed by atoms with E-state index in [4.69, 9.17) is 10.00 Å². The number of amides is 1. The maximum atomic E-state index is 12.0. The van der Waals surface area contributed by atoms with E-state index in [1.807, 2.05) is 43.3 Å². The van der Waals surface area contributed by atoms with Crippen LogP contribution in [0.3, 0.4) is 0 Å². The van der Waals surface area contributed by atoms with Crippen molar-refractivity contribution in [2.45, 2.75) is 17.9 Å². The number of ether oxygens (including phenoxy) is 1. The predicted molar refractivity (Wildman–Crippen MR) is 100 cm³/mol. The van der Waals surface area contributed by atoms with Gasteiger partial charge in [0.2, 0.25) is 0 Å². The number of hydrogen-bond acceptors (Lipinski definition) is 5. The molecule has 2 aromatic carbocycles. The van der Waals surface area contributed by atoms with Crippen molar-refractivity contribution in [2.75, 3.05) is 6.61 Å². The van der Waals surface area contributed by atoms with Crippen molar-refractivity contribution in [1.82, 2.24) is 5.43 Å². The van der Waals surface area contributed by atoms with Crippen LogP contribution in [0.5, 0.6) is 5.75 Å². The quantitative estimate of drug-likeness (QED) is 0.583. The minimum absolute atomic E-state index is 0.0159. The summed E-state index contributed by atoms with van der Waals surface area (Å²) < 4.78 is 5.17. The fraction of sp³-hybridized carbons (Fsp3) is 0.211. The molecule has 0 radical (unpaired) electrons. The molecule has 0 spiro atoms. The summed E-state index contributed by atoms with van der Waals surface area (Å²) in [5.41, 5.74) is 4.57. The summed E-state index contributed by atoms with van der Waals surface area (Å²) in [6.45, 7) is 1.88. The number of nitrogens with one attached hydrogen (secondary N) is 1. The molecule has 1 atom stereocenters. The predicted octanol–water partition coefficient (Wildman–Crippen LogP) is 3.36. The number of thioether (sulfide) groups is 1. The molecular weight excluding hydrogens is 334 g/mol. The van der Waals surface area contributed by atoms with E-state index in [0.29, 0.717) is 5.75 Å². The van der Waals surface area contributed by atoms with Crippen molar-refractivity contribution < 1.29 is 9.53 Å². The average Bonchev–Trinajstić information content (AvgIpc) is 2.66. The number of carbonyl (C=O) groups is 1. The summed E-state index contributed by atoms with van der Waals surface area (Å²) in [6, 6.07) is 19.0. The zero-order valence-electron chi connectivity index (χ0n) is 13.9. The van der Waals surface area contributed by atoms with Crippen LogP contribution < -0.4 is 10.2 Å². The molecule has 1 amide bonds. The van der Waals surface area contributed by atoms with Crippen LogP contribution in [-0.4, -0.2) is 24.0 Å². The Morgan fingerprint density at radius 3 is 2.68 bits per heavy atom. The Kier molecular flexibility index (Phi) is 7.54. The first-order chi connectivity index (χ1) is 12.2. The number of hydrogen-bond donors (Lipinski definition) is 1. The number of nitrogens with zero attached hydrogens (tertiary/aromatic N) is 2. The third kappa shape index (κ3) is 6.69. The van der Waals surface area contributed by atoms with Crippen LogP contribution in [0, 0.1) is 11.3 Å². The molecule has 0 heterocycles. The third-order valence-electron chi connectivity index (χ3n) is 3.28. The van der Waals surface area contributed by atoms with E-state index >= 15 is 0 Å². The molecule has 128 valence electrons. The van der Waals surface area contributed by atoms with E-state index in [1.165, 1.54) is 5.56 Å². The first-order valence-electron chi connectivity index (χ1n) is 7.77. The molecule has 1 unspecified atom stereocenters. The zero-order chi connectivity index (χ0) is 17.9. The van der Waals surface area contributed by atoms with Crippen molar-refractivity contribution in [2.24, 2.45) is 5.10 Å². The van der Waals surface area contributed by atoms with Crippen molar-refractivity contribution in [3.8, 4) is 11.8 Å². The Balaban J connectivity index is 1.76. The van der Waals surface area contributed by atoms with Gasteiger partial charge in [0.15, 0.2) is 6.61 Å². The van der Waals surface area contributed by atoms with Crippen molar-refractivity contribution >= 4 is 23.9 Å². The van der Waals surface area contributed by atoms with Crippen LogP contribution in [-0.2, 0) is 10.5 Å². The number of carbonyl (C=O) groups excluding carboxylic acids is 1. The van der Waals surface area contributed by atoms with Crippen LogP contribution in [0.2, 0.25) is 0 Å². The van der Waals surface area contributed by atoms with Crippen LogP contribution in [0.25, 0.3) is 0 Å². The zero-order valence-corrected chi connectivity index (χ0v) is 14.7. The van der Waals surface area contributed by atoms with E-state index in [2.05, 4.69) is 10.5 Å². The lowest BCUT2D eigenvalue weighted by Crippen LogP contribution is -2.26. The maximum absolute atomic E-state index is 12.0. The lowest BCUT2D eigenvalue weighted by atomic mass is 10.2. The van der Waals surface area contributed by atoms with Gasteiger partial charge in [-0.2, -0.15) is 10.4 Å². The van der Waals surface area contributed by atoms with Crippen molar-refractivity contribution in [3.63, 3.8) is 0 Å². The number of nitriles is 1. The normalized spacial score (nSPS) is 11.7. The highest BCUT2D eigenvalue weighted by Gasteiger charge is 2.12. The Bertz CT molecular complexity index is 740. The first kappa shape index (κ1) is 18.6. The van der Waals surface area contributed by atoms with E-state index < -0.39 is 0 Å². The van der Waals surface area contributed by atoms with Crippen LogP contribution >= 0.6 is 11.8 Å². The minimum atomic E-state index is -0.195. The lowest BCUT2D eigenvalue weighted by molar-refractivity contribution is -0.120. The molecule has 2 rings (SSSR count). The molecule has 0 aliphatic heterocycles. The van der Waals surface area contributed by atoms with Crippen molar-refractivity contribution in [1.29, 1.82) is 5.26 Å². The number of hydrazone groups is 1. The van der Waals surface area contributed by atoms with Gasteiger partial charge in [-0.3, -0.25) is 4.79 Å². The van der Waals surface area contributed by atoms with E-state index in [1.54, 1.807) is 42.2 Å². The van der Waals surface area contributed by atoms with Crippen LogP contribution in [0.1, 0.15) is 18.1 Å². The molecule has 0 bridgehead atoms. The highest BCUT2D eigenvalue weighted by molar-refractivity contribution is 7.99. The molecule has 5 nitrogen and oxygen atoms in total. The van der Waals surface area contributed by atoms with Crippen LogP contribution in [0.15, 0.2) is 59.7 Å². The number of rotatable bonds is 8. The van der Waals surface area contributed by atoms with E-state index in [-0.39, 0.29) is 17.8 Å². The van der Waals surface area contributed by atoms with Gasteiger partial charge >= 0.3 is 0 Å². The Labute approximate surface area is 151 Å². The fourth-order valence-corrected chi connectivity index (χ4v) is 2.74. The second-order valence-electron chi connectivity index (χ2n) is 5.19. The monoisotopic (exact) mass is 353 g/mol. The van der Waals surface area contributed by atoms with Gasteiger partial charge in [-0.15, -0.1) is 11.8 Å². The molecule has 0 aliphatic carbocycles. The number of benzene rings is 2. The molecule has 25 heavy (non-hydrogen) atoms. The topological polar surface area (TPSA) is 74.5 Å². The minimum Gasteiger partial charge on any atom is -0.479 e. The molecule has 2 aromatic rings. The second-order valence-corrected chi connectivity index (χ2v) is 6.52. The lowest BCUT2D eigenvalue weighted by Gasteiger charge is -2.09. The summed E-state index contributed by atoms with van der Waals surface area (Å²) >= 11 is 1.56. The summed E-state index contributed by atoms with van der Waals surface area (Å²) in [5.74, 6) is 1.27. The molecule has 0 aliphatic rings. The smallest absolute Gasteiger partial charge is 0.252 e. The summed E-state index contributed by atoms with van der Waals surface area (Å²) in [7, 11) is 0. The Hall–Kier alpha value is -2.78. The summed E-state index contributed by atoms with van der Waals surface area (Å²) in [5, 5.41) is 12.2. The average molecular weight is 353 g/mol. The fourth-order valence-electron chi connectivity index (χ4n) is 1.90. The molecule has 1 N–H and O–H groups in total. The molecule has 0 saturated carbocycles. The molecule has 0 aromatic heterocycles. The standard InChI is InChI=1S/C19H19N3O2S/c1-15(25-14-17-5-3-2-4-6-17)19(23)22-21-13-16-7-9-18(10-8-16)24-12-11-20/h2-10,13,15H,12,14H2,1H3,(H,22,23)/b21-13+. The Morgan fingerprint density at radius 1 is 1.28 bits per heavy atom. The van der Waals surface area contributed by atoms with Gasteiger partial charge < -0.3 is 4.74 Å². The third-order valence-corrected chi connectivity index (χ3v) is 4.50. The second kappa shape index (κ2) is 10.2. The molecule has 6 heteroatoms. The van der Waals surface area contributed by atoms with Gasteiger partial charge in [-0.1, -0.05) is 30.3 Å². The molecule has 0 saturated heterocycles. The SMILES string of the molecule is CC(SCc1ccccc1)C(=O)N/N=C/c1ccc(OCC#N)cc1. The van der Waals surface area contributed by atoms with E-state index in [9.17, 15) is 4.79 Å². The summed E-state index contributed by atoms with van der Waals surface area (Å²) in [4.78, 5) is 12.0. The summed E-state index contributed by atoms with van der Waals surface area (Å²) in [6.07, 6.45) is 1.57.